The molecule has 0 bridgehead atoms. The summed E-state index contributed by atoms with van der Waals surface area (Å²) in [6.07, 6.45) is 2.63. The molecule has 1 amide bonds. The number of nitrogens with two attached hydrogens (primary N) is 1. The molecule has 0 aliphatic rings. The number of carbonyl (C=O) groups excluding carboxylic acids is 1. The summed E-state index contributed by atoms with van der Waals surface area (Å²) in [5.41, 5.74) is 6.88. The topological polar surface area (TPSA) is 92.6 Å². The fraction of sp³-hybridized carbons (Fsp3) is 0.333. The molecule has 0 spiro atoms. The van der Waals surface area contributed by atoms with Crippen LogP contribution in [0.25, 0.3) is 5.52 Å². The highest BCUT2D eigenvalue weighted by Crippen LogP contribution is 2.09. The summed E-state index contributed by atoms with van der Waals surface area (Å²) < 4.78 is 1.63. The van der Waals surface area contributed by atoms with Gasteiger partial charge in [0.05, 0.1) is 23.4 Å². The molecule has 18 heavy (non-hydrogen) atoms. The Labute approximate surface area is 104 Å². The third-order valence-electron chi connectivity index (χ3n) is 2.79. The monoisotopic (exact) mass is 248 g/mol. The van der Waals surface area contributed by atoms with E-state index in [4.69, 9.17) is 5.73 Å². The molecule has 2 aromatic heterocycles. The van der Waals surface area contributed by atoms with Crippen LogP contribution in [0, 0.1) is 0 Å². The van der Waals surface area contributed by atoms with Gasteiger partial charge in [0.25, 0.3) is 5.91 Å². The van der Waals surface area contributed by atoms with Gasteiger partial charge in [-0.05, 0) is 19.1 Å². The zero-order chi connectivity index (χ0) is 13.1. The Balaban J connectivity index is 2.10. The highest BCUT2D eigenvalue weighted by Gasteiger charge is 2.14. The standard InChI is InChI=1S/C12H16N4O2/c1-8(17)10(13)7-14-12(18)9-6-15-16-5-3-2-4-11(9)16/h2-6,8,10,17H,7,13H2,1H3,(H,14,18). The largest absolute Gasteiger partial charge is 0.392 e. The number of pyridine rings is 1. The smallest absolute Gasteiger partial charge is 0.255 e. The fourth-order valence-corrected chi connectivity index (χ4v) is 1.59. The van der Waals surface area contributed by atoms with E-state index in [9.17, 15) is 9.90 Å². The summed E-state index contributed by atoms with van der Waals surface area (Å²) in [7, 11) is 0. The van der Waals surface area contributed by atoms with E-state index < -0.39 is 12.1 Å². The minimum absolute atomic E-state index is 0.223. The van der Waals surface area contributed by atoms with E-state index >= 15 is 0 Å². The summed E-state index contributed by atoms with van der Waals surface area (Å²) in [6.45, 7) is 1.81. The molecule has 0 saturated carbocycles. The van der Waals surface area contributed by atoms with Crippen LogP contribution >= 0.6 is 0 Å². The minimum atomic E-state index is -0.658. The van der Waals surface area contributed by atoms with Crippen molar-refractivity contribution in [1.29, 1.82) is 0 Å². The third kappa shape index (κ3) is 2.49. The van der Waals surface area contributed by atoms with Crippen LogP contribution < -0.4 is 11.1 Å². The van der Waals surface area contributed by atoms with Gasteiger partial charge in [-0.2, -0.15) is 5.10 Å². The van der Waals surface area contributed by atoms with E-state index in [0.29, 0.717) is 5.56 Å². The first-order valence-corrected chi connectivity index (χ1v) is 5.74. The van der Waals surface area contributed by atoms with Crippen molar-refractivity contribution in [2.45, 2.75) is 19.1 Å². The maximum Gasteiger partial charge on any atom is 0.255 e. The van der Waals surface area contributed by atoms with Crippen molar-refractivity contribution >= 4 is 11.4 Å². The summed E-state index contributed by atoms with van der Waals surface area (Å²) in [5, 5.41) is 16.0. The lowest BCUT2D eigenvalue weighted by atomic mass is 10.2. The lowest BCUT2D eigenvalue weighted by Gasteiger charge is -2.14. The quantitative estimate of drug-likeness (QED) is 0.697. The molecule has 0 saturated heterocycles. The van der Waals surface area contributed by atoms with Gasteiger partial charge in [0.15, 0.2) is 0 Å². The molecule has 0 radical (unpaired) electrons. The zero-order valence-corrected chi connectivity index (χ0v) is 10.1. The lowest BCUT2D eigenvalue weighted by molar-refractivity contribution is 0.0939. The Kier molecular flexibility index (Phi) is 3.59. The molecule has 0 fully saturated rings. The molecular weight excluding hydrogens is 232 g/mol. The number of fused-ring (bicyclic) bond motifs is 1. The molecule has 2 aromatic rings. The van der Waals surface area contributed by atoms with E-state index in [1.165, 1.54) is 6.20 Å². The van der Waals surface area contributed by atoms with Crippen LogP contribution in [0.5, 0.6) is 0 Å². The first kappa shape index (κ1) is 12.5. The van der Waals surface area contributed by atoms with Crippen molar-refractivity contribution in [1.82, 2.24) is 14.9 Å². The van der Waals surface area contributed by atoms with E-state index in [1.54, 1.807) is 17.6 Å². The van der Waals surface area contributed by atoms with Crippen LogP contribution in [-0.4, -0.2) is 39.3 Å². The van der Waals surface area contributed by atoms with Crippen LogP contribution in [0.2, 0.25) is 0 Å². The number of carbonyl (C=O) groups is 1. The molecule has 96 valence electrons. The summed E-state index contributed by atoms with van der Waals surface area (Å²) in [6, 6.07) is 5.02. The van der Waals surface area contributed by atoms with Crippen molar-refractivity contribution in [2.75, 3.05) is 6.54 Å². The maximum absolute atomic E-state index is 11.9. The predicted octanol–water partition coefficient (Wildman–Crippen LogP) is -0.228. The Bertz CT molecular complexity index is 550. The average molecular weight is 248 g/mol. The van der Waals surface area contributed by atoms with Gasteiger partial charge in [-0.1, -0.05) is 6.07 Å². The first-order chi connectivity index (χ1) is 8.59. The zero-order valence-electron chi connectivity index (χ0n) is 10.1. The van der Waals surface area contributed by atoms with Crippen molar-refractivity contribution in [3.8, 4) is 0 Å². The Morgan fingerprint density at radius 3 is 3.11 bits per heavy atom. The number of nitrogens with one attached hydrogen (secondary N) is 1. The number of nitrogens with zero attached hydrogens (tertiary/aromatic N) is 2. The van der Waals surface area contributed by atoms with Crippen LogP contribution in [0.15, 0.2) is 30.6 Å². The van der Waals surface area contributed by atoms with E-state index in [1.807, 2.05) is 18.2 Å². The third-order valence-corrected chi connectivity index (χ3v) is 2.79. The molecule has 2 unspecified atom stereocenters. The number of aromatic nitrogens is 2. The summed E-state index contributed by atoms with van der Waals surface area (Å²) in [4.78, 5) is 11.9. The molecule has 6 nitrogen and oxygen atoms in total. The summed E-state index contributed by atoms with van der Waals surface area (Å²) in [5.74, 6) is -0.243. The van der Waals surface area contributed by atoms with Crippen molar-refractivity contribution in [2.24, 2.45) is 5.73 Å². The number of hydrogen-bond donors (Lipinski definition) is 3. The first-order valence-electron chi connectivity index (χ1n) is 5.74. The van der Waals surface area contributed by atoms with Gasteiger partial charge in [-0.25, -0.2) is 4.52 Å². The van der Waals surface area contributed by atoms with E-state index in [0.717, 1.165) is 5.52 Å². The fourth-order valence-electron chi connectivity index (χ4n) is 1.59. The Hall–Kier alpha value is -1.92. The number of hydrogen-bond acceptors (Lipinski definition) is 4. The molecule has 2 rings (SSSR count). The van der Waals surface area contributed by atoms with Crippen molar-refractivity contribution < 1.29 is 9.90 Å². The van der Waals surface area contributed by atoms with Gasteiger partial charge in [0.2, 0.25) is 0 Å². The van der Waals surface area contributed by atoms with Crippen LogP contribution in [0.3, 0.4) is 0 Å². The molecule has 0 aliphatic carbocycles. The van der Waals surface area contributed by atoms with Crippen LogP contribution in [0.1, 0.15) is 17.3 Å². The van der Waals surface area contributed by atoms with Gasteiger partial charge in [0.1, 0.15) is 0 Å². The number of rotatable bonds is 4. The molecule has 0 aliphatic heterocycles. The normalized spacial score (nSPS) is 14.4. The van der Waals surface area contributed by atoms with Gasteiger partial charge < -0.3 is 16.2 Å². The maximum atomic E-state index is 11.9. The van der Waals surface area contributed by atoms with Gasteiger partial charge in [-0.15, -0.1) is 0 Å². The Morgan fingerprint density at radius 1 is 1.61 bits per heavy atom. The molecular formula is C12H16N4O2. The highest BCUT2D eigenvalue weighted by molar-refractivity contribution is 6.00. The van der Waals surface area contributed by atoms with Gasteiger partial charge >= 0.3 is 0 Å². The molecule has 4 N–H and O–H groups in total. The van der Waals surface area contributed by atoms with E-state index in [-0.39, 0.29) is 12.5 Å². The second-order valence-electron chi connectivity index (χ2n) is 4.20. The average Bonchev–Trinajstić information content (AvgIpc) is 2.79. The van der Waals surface area contributed by atoms with Gasteiger partial charge in [0, 0.05) is 18.8 Å². The minimum Gasteiger partial charge on any atom is -0.392 e. The molecule has 6 heteroatoms. The highest BCUT2D eigenvalue weighted by atomic mass is 16.3. The van der Waals surface area contributed by atoms with Gasteiger partial charge in [-0.3, -0.25) is 4.79 Å². The van der Waals surface area contributed by atoms with Crippen molar-refractivity contribution in [3.63, 3.8) is 0 Å². The summed E-state index contributed by atoms with van der Waals surface area (Å²) >= 11 is 0. The van der Waals surface area contributed by atoms with Crippen molar-refractivity contribution in [3.05, 3.63) is 36.2 Å². The Morgan fingerprint density at radius 2 is 2.39 bits per heavy atom. The van der Waals surface area contributed by atoms with Crippen LogP contribution in [0.4, 0.5) is 0 Å². The predicted molar refractivity (Wildman–Crippen MR) is 67.2 cm³/mol. The molecule has 0 aromatic carbocycles. The van der Waals surface area contributed by atoms with Crippen LogP contribution in [-0.2, 0) is 0 Å². The SMILES string of the molecule is CC(O)C(N)CNC(=O)c1cnn2ccccc12. The molecule has 2 heterocycles. The van der Waals surface area contributed by atoms with E-state index in [2.05, 4.69) is 10.4 Å². The second-order valence-corrected chi connectivity index (χ2v) is 4.20. The number of amides is 1. The molecule has 2 atom stereocenters. The number of aliphatic hydroxyl groups excluding tert-OH is 1. The number of aliphatic hydroxyl groups is 1. The lowest BCUT2D eigenvalue weighted by Crippen LogP contribution is -2.43. The second kappa shape index (κ2) is 5.16.